The van der Waals surface area contributed by atoms with E-state index in [1.807, 2.05) is 6.08 Å². The van der Waals surface area contributed by atoms with E-state index in [9.17, 15) is 40.5 Å². The topological polar surface area (TPSA) is 189 Å². The predicted octanol–water partition coefficient (Wildman–Crippen LogP) is 3.71. The Labute approximate surface area is 288 Å². The van der Waals surface area contributed by atoms with Crippen LogP contribution in [0, 0.1) is 0 Å². The maximum absolute atomic E-state index is 12.9. The lowest BCUT2D eigenvalue weighted by molar-refractivity contribution is -0.303. The SMILES string of the molecule is CCC/C=C/CC/C=C/CCCC(O)C(O)C(COC1OC(CO)C(O)C(O)C1O)NC(=O)C(O)CCCCCC/C=C\CCCCC. The van der Waals surface area contributed by atoms with E-state index in [0.717, 1.165) is 57.8 Å². The van der Waals surface area contributed by atoms with Crippen LogP contribution in [0.1, 0.15) is 123 Å². The molecule has 0 aromatic heterocycles. The van der Waals surface area contributed by atoms with Gasteiger partial charge >= 0.3 is 0 Å². The fraction of sp³-hybridized carbons (Fsp3) is 0.811. The third-order valence-electron chi connectivity index (χ3n) is 8.62. The maximum atomic E-state index is 12.9. The minimum atomic E-state index is -1.67. The Bertz CT molecular complexity index is 882. The van der Waals surface area contributed by atoms with Crippen LogP contribution in [0.5, 0.6) is 0 Å². The highest BCUT2D eigenvalue weighted by Crippen LogP contribution is 2.23. The van der Waals surface area contributed by atoms with Crippen LogP contribution in [0.25, 0.3) is 0 Å². The van der Waals surface area contributed by atoms with Crippen molar-refractivity contribution in [3.05, 3.63) is 36.5 Å². The fourth-order valence-corrected chi connectivity index (χ4v) is 5.45. The molecule has 0 bridgehead atoms. The van der Waals surface area contributed by atoms with Crippen LogP contribution in [0.3, 0.4) is 0 Å². The normalized spacial score (nSPS) is 24.4. The van der Waals surface area contributed by atoms with Gasteiger partial charge in [0.2, 0.25) is 5.91 Å². The molecule has 0 radical (unpaired) electrons. The number of hydrogen-bond acceptors (Lipinski definition) is 10. The van der Waals surface area contributed by atoms with Gasteiger partial charge in [-0.25, -0.2) is 0 Å². The molecule has 0 aromatic carbocycles. The van der Waals surface area contributed by atoms with Gasteiger partial charge in [-0.3, -0.25) is 4.79 Å². The standard InChI is InChI=1S/C37H67NO10/c1-3-5-7-9-11-13-15-17-19-21-23-25-30(41)36(46)38-28(27-47-37-35(45)34(44)33(43)31(26-39)48-37)32(42)29(40)24-22-20-18-16-14-12-10-8-6-4-2/h8,10-11,13,16,18,28-35,37,39-45H,3-7,9,12,14-15,17,19-27H2,1-2H3,(H,38,46)/b10-8+,13-11-,18-16+. The molecule has 1 heterocycles. The Morgan fingerprint density at radius 3 is 1.92 bits per heavy atom. The summed E-state index contributed by atoms with van der Waals surface area (Å²) in [6.45, 7) is 3.24. The number of carbonyl (C=O) groups is 1. The van der Waals surface area contributed by atoms with Crippen LogP contribution < -0.4 is 5.32 Å². The van der Waals surface area contributed by atoms with Crippen LogP contribution >= 0.6 is 0 Å². The molecule has 1 fully saturated rings. The van der Waals surface area contributed by atoms with Crippen LogP contribution in [-0.2, 0) is 14.3 Å². The molecular weight excluding hydrogens is 618 g/mol. The number of rotatable bonds is 28. The Hall–Kier alpha value is -1.67. The molecule has 1 aliphatic rings. The quantitative estimate of drug-likeness (QED) is 0.0445. The lowest BCUT2D eigenvalue weighted by Gasteiger charge is -2.40. The van der Waals surface area contributed by atoms with Crippen LogP contribution in [0.4, 0.5) is 0 Å². The van der Waals surface area contributed by atoms with Gasteiger partial charge in [-0.1, -0.05) is 88.8 Å². The molecule has 11 nitrogen and oxygen atoms in total. The second-order valence-corrected chi connectivity index (χ2v) is 12.9. The summed E-state index contributed by atoms with van der Waals surface area (Å²) in [5.74, 6) is -0.727. The highest BCUT2D eigenvalue weighted by atomic mass is 16.7. The summed E-state index contributed by atoms with van der Waals surface area (Å²) in [5.41, 5.74) is 0. The average molecular weight is 686 g/mol. The van der Waals surface area contributed by atoms with Crippen LogP contribution in [0.15, 0.2) is 36.5 Å². The second kappa shape index (κ2) is 28.1. The van der Waals surface area contributed by atoms with Crippen molar-refractivity contribution in [1.29, 1.82) is 0 Å². The summed E-state index contributed by atoms with van der Waals surface area (Å²) in [7, 11) is 0. The summed E-state index contributed by atoms with van der Waals surface area (Å²) in [6, 6.07) is -1.19. The number of carbonyl (C=O) groups excluding carboxylic acids is 1. The van der Waals surface area contributed by atoms with E-state index < -0.39 is 74.2 Å². The van der Waals surface area contributed by atoms with Crippen LogP contribution in [0.2, 0.25) is 0 Å². The van der Waals surface area contributed by atoms with E-state index in [4.69, 9.17) is 9.47 Å². The summed E-state index contributed by atoms with van der Waals surface area (Å²) in [4.78, 5) is 12.9. The van der Waals surface area contributed by atoms with E-state index in [1.54, 1.807) is 0 Å². The Morgan fingerprint density at radius 2 is 1.29 bits per heavy atom. The summed E-state index contributed by atoms with van der Waals surface area (Å²) in [6.07, 6.45) is 16.5. The van der Waals surface area contributed by atoms with Gasteiger partial charge in [0.25, 0.3) is 0 Å². The number of amides is 1. The molecule has 0 spiro atoms. The van der Waals surface area contributed by atoms with Crippen molar-refractivity contribution in [2.24, 2.45) is 0 Å². The first-order chi connectivity index (χ1) is 23.2. The third kappa shape index (κ3) is 18.9. The first-order valence-electron chi connectivity index (χ1n) is 18.4. The first kappa shape index (κ1) is 44.4. The fourth-order valence-electron chi connectivity index (χ4n) is 5.45. The van der Waals surface area contributed by atoms with Crippen molar-refractivity contribution in [2.45, 2.75) is 178 Å². The molecule has 8 N–H and O–H groups in total. The van der Waals surface area contributed by atoms with Gasteiger partial charge in [0.15, 0.2) is 6.29 Å². The van der Waals surface area contributed by atoms with E-state index in [2.05, 4.69) is 49.5 Å². The van der Waals surface area contributed by atoms with Gasteiger partial charge in [0.05, 0.1) is 25.4 Å². The van der Waals surface area contributed by atoms with Gasteiger partial charge in [-0.2, -0.15) is 0 Å². The lowest BCUT2D eigenvalue weighted by Crippen LogP contribution is -2.60. The Balaban J connectivity index is 2.65. The van der Waals surface area contributed by atoms with E-state index in [0.29, 0.717) is 19.3 Å². The summed E-state index contributed by atoms with van der Waals surface area (Å²) < 4.78 is 11.0. The third-order valence-corrected chi connectivity index (χ3v) is 8.62. The van der Waals surface area contributed by atoms with Crippen LogP contribution in [-0.4, -0.2) is 110 Å². The molecule has 1 saturated heterocycles. The van der Waals surface area contributed by atoms with E-state index in [1.165, 1.54) is 19.3 Å². The zero-order valence-electron chi connectivity index (χ0n) is 29.5. The van der Waals surface area contributed by atoms with Gasteiger partial charge in [0, 0.05) is 0 Å². The number of allylic oxidation sites excluding steroid dienone is 6. The largest absolute Gasteiger partial charge is 0.394 e. The molecule has 280 valence electrons. The first-order valence-corrected chi connectivity index (χ1v) is 18.4. The van der Waals surface area contributed by atoms with Gasteiger partial charge in [0.1, 0.15) is 36.6 Å². The van der Waals surface area contributed by atoms with Gasteiger partial charge in [-0.05, 0) is 70.6 Å². The highest BCUT2D eigenvalue weighted by molar-refractivity contribution is 5.80. The second-order valence-electron chi connectivity index (χ2n) is 12.9. The predicted molar refractivity (Wildman–Crippen MR) is 187 cm³/mol. The molecule has 11 heteroatoms. The monoisotopic (exact) mass is 685 g/mol. The van der Waals surface area contributed by atoms with Crippen molar-refractivity contribution < 1.29 is 50.0 Å². The van der Waals surface area contributed by atoms with Gasteiger partial charge in [-0.15, -0.1) is 0 Å². The minimum Gasteiger partial charge on any atom is -0.394 e. The number of unbranched alkanes of at least 4 members (excludes halogenated alkanes) is 10. The average Bonchev–Trinajstić information content (AvgIpc) is 3.08. The molecule has 0 aromatic rings. The van der Waals surface area contributed by atoms with Crippen molar-refractivity contribution in [3.63, 3.8) is 0 Å². The number of aliphatic hydroxyl groups excluding tert-OH is 7. The number of hydrogen-bond donors (Lipinski definition) is 8. The number of nitrogens with one attached hydrogen (secondary N) is 1. The summed E-state index contributed by atoms with van der Waals surface area (Å²) >= 11 is 0. The van der Waals surface area contributed by atoms with E-state index >= 15 is 0 Å². The van der Waals surface area contributed by atoms with E-state index in [-0.39, 0.29) is 12.8 Å². The van der Waals surface area contributed by atoms with Crippen molar-refractivity contribution >= 4 is 5.91 Å². The molecule has 1 aliphatic heterocycles. The van der Waals surface area contributed by atoms with Crippen molar-refractivity contribution in [3.8, 4) is 0 Å². The zero-order valence-corrected chi connectivity index (χ0v) is 29.5. The molecule has 9 unspecified atom stereocenters. The maximum Gasteiger partial charge on any atom is 0.249 e. The molecule has 48 heavy (non-hydrogen) atoms. The van der Waals surface area contributed by atoms with Gasteiger partial charge < -0.3 is 50.5 Å². The Kier molecular flexibility index (Phi) is 25.9. The lowest BCUT2D eigenvalue weighted by atomic mass is 9.98. The summed E-state index contributed by atoms with van der Waals surface area (Å²) in [5, 5.41) is 74.9. The molecule has 0 saturated carbocycles. The molecule has 1 rings (SSSR count). The molecular formula is C37H67NO10. The number of ether oxygens (including phenoxy) is 2. The zero-order chi connectivity index (χ0) is 35.6. The smallest absolute Gasteiger partial charge is 0.249 e. The van der Waals surface area contributed by atoms with Crippen molar-refractivity contribution in [1.82, 2.24) is 5.32 Å². The molecule has 0 aliphatic carbocycles. The highest BCUT2D eigenvalue weighted by Gasteiger charge is 2.44. The Morgan fingerprint density at radius 1 is 0.708 bits per heavy atom. The number of aliphatic hydroxyl groups is 7. The molecule has 1 amide bonds. The van der Waals surface area contributed by atoms with Crippen molar-refractivity contribution in [2.75, 3.05) is 13.2 Å². The molecule has 9 atom stereocenters. The minimum absolute atomic E-state index is 0.234.